The summed E-state index contributed by atoms with van der Waals surface area (Å²) in [6.07, 6.45) is 1.95. The zero-order valence-electron chi connectivity index (χ0n) is 16.9. The predicted octanol–water partition coefficient (Wildman–Crippen LogP) is 1.07. The summed E-state index contributed by atoms with van der Waals surface area (Å²) in [6.45, 7) is 1.32. The van der Waals surface area contributed by atoms with Gasteiger partial charge in [-0.2, -0.15) is 0 Å². The second kappa shape index (κ2) is 8.86. The Hall–Kier alpha value is -3.25. The van der Waals surface area contributed by atoms with Crippen LogP contribution in [0.2, 0.25) is 0 Å². The summed E-state index contributed by atoms with van der Waals surface area (Å²) < 4.78 is 29.2. The molecule has 0 spiro atoms. The molecule has 0 amide bonds. The molecule has 0 aliphatic rings. The van der Waals surface area contributed by atoms with Crippen LogP contribution in [0, 0.1) is 0 Å². The number of anilines is 2. The number of aromatic nitrogens is 3. The molecule has 0 unspecified atom stereocenters. The van der Waals surface area contributed by atoms with Crippen LogP contribution < -0.4 is 21.3 Å². The smallest absolute Gasteiger partial charge is 0.332 e. The summed E-state index contributed by atoms with van der Waals surface area (Å²) in [5, 5.41) is 1.64. The number of carbonyl (C=O) groups is 1. The third-order valence-electron chi connectivity index (χ3n) is 4.56. The van der Waals surface area contributed by atoms with E-state index in [1.807, 2.05) is 6.92 Å². The predicted molar refractivity (Wildman–Crippen MR) is 118 cm³/mol. The monoisotopic (exact) mass is 463 g/mol. The molecule has 164 valence electrons. The van der Waals surface area contributed by atoms with Gasteiger partial charge in [-0.15, -0.1) is 11.3 Å². The maximum atomic E-state index is 13.2. The number of Topliss-reactive ketones (excluding diaryl/α,β-unsaturated/α-hetero) is 1. The van der Waals surface area contributed by atoms with Crippen molar-refractivity contribution in [1.29, 1.82) is 0 Å². The van der Waals surface area contributed by atoms with Crippen molar-refractivity contribution < 1.29 is 13.2 Å². The molecule has 0 bridgehead atoms. The Morgan fingerprint density at radius 3 is 2.48 bits per heavy atom. The lowest BCUT2D eigenvalue weighted by molar-refractivity contribution is 0.100. The number of rotatable bonds is 8. The lowest BCUT2D eigenvalue weighted by Gasteiger charge is -2.22. The average Bonchev–Trinajstić information content (AvgIpc) is 3.28. The normalized spacial score (nSPS) is 11.4. The third-order valence-corrected chi connectivity index (χ3v) is 7.22. The van der Waals surface area contributed by atoms with Crippen molar-refractivity contribution in [1.82, 2.24) is 14.1 Å². The molecule has 2 aromatic heterocycles. The molecule has 10 nitrogen and oxygen atoms in total. The molecule has 3 rings (SSSR count). The Bertz CT molecular complexity index is 1310. The molecular weight excluding hydrogens is 442 g/mol. The first-order valence-corrected chi connectivity index (χ1v) is 11.6. The molecule has 0 aliphatic heterocycles. The van der Waals surface area contributed by atoms with Crippen molar-refractivity contribution in [3.8, 4) is 0 Å². The molecule has 2 N–H and O–H groups in total. The number of benzene rings is 1. The zero-order valence-corrected chi connectivity index (χ0v) is 18.5. The Morgan fingerprint density at radius 1 is 1.23 bits per heavy atom. The Balaban J connectivity index is 2.12. The lowest BCUT2D eigenvalue weighted by Crippen LogP contribution is -2.45. The number of hydrogen-bond donors (Lipinski definition) is 1. The third kappa shape index (κ3) is 4.16. The maximum Gasteiger partial charge on any atom is 0.332 e. The molecule has 0 aliphatic carbocycles. The summed E-state index contributed by atoms with van der Waals surface area (Å²) in [7, 11) is -2.91. The highest BCUT2D eigenvalue weighted by molar-refractivity contribution is 7.93. The number of nitrogens with zero attached hydrogens (tertiary/aromatic N) is 4. The van der Waals surface area contributed by atoms with Gasteiger partial charge in [-0.25, -0.2) is 22.5 Å². The molecule has 0 saturated heterocycles. The minimum Gasteiger partial charge on any atom is -0.384 e. The van der Waals surface area contributed by atoms with Crippen molar-refractivity contribution in [2.75, 3.05) is 16.6 Å². The zero-order chi connectivity index (χ0) is 22.8. The van der Waals surface area contributed by atoms with Gasteiger partial charge >= 0.3 is 5.69 Å². The van der Waals surface area contributed by atoms with E-state index in [-0.39, 0.29) is 22.4 Å². The van der Waals surface area contributed by atoms with E-state index in [2.05, 4.69) is 4.98 Å². The topological polar surface area (TPSA) is 137 Å². The molecule has 3 aromatic rings. The first kappa shape index (κ1) is 22.4. The van der Waals surface area contributed by atoms with Crippen LogP contribution in [0.5, 0.6) is 0 Å². The highest BCUT2D eigenvalue weighted by atomic mass is 32.2. The van der Waals surface area contributed by atoms with Crippen molar-refractivity contribution in [2.24, 2.45) is 7.05 Å². The molecule has 31 heavy (non-hydrogen) atoms. The fraction of sp³-hybridized carbons (Fsp3) is 0.263. The Morgan fingerprint density at radius 2 is 1.90 bits per heavy atom. The summed E-state index contributed by atoms with van der Waals surface area (Å²) >= 11 is 1.03. The van der Waals surface area contributed by atoms with Gasteiger partial charge in [0.2, 0.25) is 0 Å². The Kier molecular flexibility index (Phi) is 6.41. The fourth-order valence-electron chi connectivity index (χ4n) is 3.01. The van der Waals surface area contributed by atoms with E-state index >= 15 is 0 Å². The van der Waals surface area contributed by atoms with Gasteiger partial charge in [0.15, 0.2) is 10.9 Å². The average molecular weight is 464 g/mol. The van der Waals surface area contributed by atoms with Gasteiger partial charge in [0.1, 0.15) is 17.9 Å². The second-order valence-electron chi connectivity index (χ2n) is 6.62. The summed E-state index contributed by atoms with van der Waals surface area (Å²) in [4.78, 5) is 42.2. The number of nitrogens with two attached hydrogens (primary N) is 1. The van der Waals surface area contributed by atoms with Crippen LogP contribution >= 0.6 is 11.3 Å². The van der Waals surface area contributed by atoms with Gasteiger partial charge in [0.25, 0.3) is 15.6 Å². The SMILES string of the molecule is CCCn1c(N)c(C(=O)CN(c2nccs2)S(=O)(=O)c2ccccc2)c(=O)n(C)c1=O. The number of nitrogen functional groups attached to an aromatic ring is 1. The van der Waals surface area contributed by atoms with Crippen LogP contribution in [0.15, 0.2) is 56.4 Å². The van der Waals surface area contributed by atoms with Crippen LogP contribution in [0.3, 0.4) is 0 Å². The second-order valence-corrected chi connectivity index (χ2v) is 9.36. The van der Waals surface area contributed by atoms with Crippen molar-refractivity contribution in [2.45, 2.75) is 24.8 Å². The molecule has 1 aromatic carbocycles. The highest BCUT2D eigenvalue weighted by Crippen LogP contribution is 2.26. The van der Waals surface area contributed by atoms with Crippen molar-refractivity contribution >= 4 is 38.1 Å². The molecule has 0 saturated carbocycles. The molecule has 0 radical (unpaired) electrons. The molecule has 0 fully saturated rings. The van der Waals surface area contributed by atoms with Gasteiger partial charge in [-0.05, 0) is 18.6 Å². The molecule has 12 heteroatoms. The van der Waals surface area contributed by atoms with Gasteiger partial charge in [0, 0.05) is 25.2 Å². The van der Waals surface area contributed by atoms with Gasteiger partial charge < -0.3 is 5.73 Å². The summed E-state index contributed by atoms with van der Waals surface area (Å²) in [5.41, 5.74) is 4.05. The van der Waals surface area contributed by atoms with Crippen LogP contribution in [-0.4, -0.2) is 34.9 Å². The Labute approximate surface area is 182 Å². The van der Waals surface area contributed by atoms with Crippen LogP contribution in [0.4, 0.5) is 10.9 Å². The minimum atomic E-state index is -4.15. The van der Waals surface area contributed by atoms with Crippen LogP contribution in [0.1, 0.15) is 23.7 Å². The quantitative estimate of drug-likeness (QED) is 0.493. The first-order chi connectivity index (χ1) is 14.7. The van der Waals surface area contributed by atoms with E-state index in [4.69, 9.17) is 5.73 Å². The number of ketones is 1. The number of thiazole rings is 1. The van der Waals surface area contributed by atoms with E-state index in [9.17, 15) is 22.8 Å². The summed E-state index contributed by atoms with van der Waals surface area (Å²) in [5.74, 6) is -1.12. The molecular formula is C19H21N5O5S2. The van der Waals surface area contributed by atoms with E-state index in [1.165, 1.54) is 25.4 Å². The van der Waals surface area contributed by atoms with Gasteiger partial charge in [-0.1, -0.05) is 25.1 Å². The summed E-state index contributed by atoms with van der Waals surface area (Å²) in [6, 6.07) is 7.58. The first-order valence-electron chi connectivity index (χ1n) is 9.30. The largest absolute Gasteiger partial charge is 0.384 e. The fourth-order valence-corrected chi connectivity index (χ4v) is 5.27. The van der Waals surface area contributed by atoms with E-state index in [0.717, 1.165) is 24.8 Å². The van der Waals surface area contributed by atoms with E-state index < -0.39 is 39.2 Å². The van der Waals surface area contributed by atoms with Crippen molar-refractivity contribution in [3.63, 3.8) is 0 Å². The van der Waals surface area contributed by atoms with Crippen molar-refractivity contribution in [3.05, 3.63) is 68.3 Å². The minimum absolute atomic E-state index is 0.0326. The maximum absolute atomic E-state index is 13.2. The van der Waals surface area contributed by atoms with E-state index in [1.54, 1.807) is 23.6 Å². The standard InChI is InChI=1S/C19H21N5O5S2/c1-3-10-23-16(20)15(17(26)22(2)19(23)27)14(25)12-24(18-21-9-11-30-18)31(28,29)13-7-5-4-6-8-13/h4-9,11H,3,10,12,20H2,1-2H3. The highest BCUT2D eigenvalue weighted by Gasteiger charge is 2.31. The molecule has 2 heterocycles. The van der Waals surface area contributed by atoms with Crippen LogP contribution in [-0.2, 0) is 23.6 Å². The molecule has 0 atom stereocenters. The lowest BCUT2D eigenvalue weighted by atomic mass is 10.2. The number of sulfonamides is 1. The van der Waals surface area contributed by atoms with Crippen LogP contribution in [0.25, 0.3) is 0 Å². The van der Waals surface area contributed by atoms with Gasteiger partial charge in [-0.3, -0.25) is 18.7 Å². The number of hydrogen-bond acceptors (Lipinski definition) is 8. The van der Waals surface area contributed by atoms with E-state index in [0.29, 0.717) is 6.42 Å². The van der Waals surface area contributed by atoms with Gasteiger partial charge in [0.05, 0.1) is 4.90 Å². The number of carbonyl (C=O) groups excluding carboxylic acids is 1.